The van der Waals surface area contributed by atoms with Crippen molar-refractivity contribution < 1.29 is 4.74 Å². The Morgan fingerprint density at radius 1 is 1.41 bits per heavy atom. The lowest BCUT2D eigenvalue weighted by molar-refractivity contribution is 0.214. The van der Waals surface area contributed by atoms with Crippen LogP contribution in [0.2, 0.25) is 0 Å². The van der Waals surface area contributed by atoms with E-state index in [9.17, 15) is 0 Å². The van der Waals surface area contributed by atoms with E-state index >= 15 is 0 Å². The minimum Gasteiger partial charge on any atom is -0.484 e. The summed E-state index contributed by atoms with van der Waals surface area (Å²) in [5, 5.41) is 4.12. The summed E-state index contributed by atoms with van der Waals surface area (Å²) < 4.78 is 8.76. The van der Waals surface area contributed by atoms with Gasteiger partial charge in [0, 0.05) is 28.9 Å². The molecule has 0 bridgehead atoms. The quantitative estimate of drug-likeness (QED) is 0.865. The van der Waals surface area contributed by atoms with E-state index in [4.69, 9.17) is 10.5 Å². The molecule has 0 radical (unpaired) electrons. The van der Waals surface area contributed by atoms with Crippen LogP contribution in [-0.2, 0) is 7.05 Å². The van der Waals surface area contributed by atoms with Crippen LogP contribution in [-0.4, -0.2) is 16.3 Å². The normalized spacial score (nSPS) is 12.4. The number of nitrogens with two attached hydrogens (primary N) is 1. The van der Waals surface area contributed by atoms with Gasteiger partial charge in [0.25, 0.3) is 0 Å². The van der Waals surface area contributed by atoms with Crippen molar-refractivity contribution in [1.82, 2.24) is 9.78 Å². The van der Waals surface area contributed by atoms with Crippen molar-refractivity contribution in [3.8, 4) is 5.75 Å². The SMILES string of the molecule is Cn1cc(C(CN)Oc2ccc(I)cc2)cn1. The summed E-state index contributed by atoms with van der Waals surface area (Å²) in [7, 11) is 1.88. The van der Waals surface area contributed by atoms with Crippen molar-refractivity contribution in [2.75, 3.05) is 6.54 Å². The molecule has 4 nitrogen and oxygen atoms in total. The second-order valence-electron chi connectivity index (χ2n) is 3.74. The Bertz CT molecular complexity index is 481. The largest absolute Gasteiger partial charge is 0.484 e. The molecule has 0 spiro atoms. The number of benzene rings is 1. The second kappa shape index (κ2) is 5.50. The van der Waals surface area contributed by atoms with Gasteiger partial charge in [0.15, 0.2) is 0 Å². The van der Waals surface area contributed by atoms with Crippen LogP contribution in [0, 0.1) is 3.57 Å². The molecular weight excluding hydrogens is 329 g/mol. The molecule has 90 valence electrons. The third kappa shape index (κ3) is 3.19. The third-order valence-electron chi connectivity index (χ3n) is 2.40. The lowest BCUT2D eigenvalue weighted by Gasteiger charge is -2.15. The molecule has 0 aliphatic rings. The highest BCUT2D eigenvalue weighted by molar-refractivity contribution is 14.1. The Morgan fingerprint density at radius 2 is 2.12 bits per heavy atom. The Labute approximate surface area is 114 Å². The van der Waals surface area contributed by atoms with Crippen LogP contribution in [0.3, 0.4) is 0 Å². The maximum Gasteiger partial charge on any atom is 0.139 e. The summed E-state index contributed by atoms with van der Waals surface area (Å²) in [6.45, 7) is 0.428. The summed E-state index contributed by atoms with van der Waals surface area (Å²) in [6, 6.07) is 7.90. The monoisotopic (exact) mass is 343 g/mol. The van der Waals surface area contributed by atoms with E-state index < -0.39 is 0 Å². The first-order chi connectivity index (χ1) is 8.19. The average Bonchev–Trinajstić information content (AvgIpc) is 2.75. The van der Waals surface area contributed by atoms with Crippen molar-refractivity contribution in [3.63, 3.8) is 0 Å². The van der Waals surface area contributed by atoms with Crippen LogP contribution in [0.15, 0.2) is 36.7 Å². The number of nitrogens with zero attached hydrogens (tertiary/aromatic N) is 2. The molecule has 0 amide bonds. The minimum atomic E-state index is -0.149. The molecule has 0 saturated carbocycles. The highest BCUT2D eigenvalue weighted by atomic mass is 127. The molecule has 2 N–H and O–H groups in total. The molecule has 1 aromatic carbocycles. The van der Waals surface area contributed by atoms with Gasteiger partial charge in [0.1, 0.15) is 11.9 Å². The van der Waals surface area contributed by atoms with Crippen LogP contribution in [0.25, 0.3) is 0 Å². The maximum absolute atomic E-state index is 5.84. The summed E-state index contributed by atoms with van der Waals surface area (Å²) in [5.74, 6) is 0.824. The van der Waals surface area contributed by atoms with Crippen molar-refractivity contribution in [3.05, 3.63) is 45.8 Å². The predicted octanol–water partition coefficient (Wildman–Crippen LogP) is 2.10. The first-order valence-electron chi connectivity index (χ1n) is 5.30. The number of aromatic nitrogens is 2. The van der Waals surface area contributed by atoms with Crippen LogP contribution < -0.4 is 10.5 Å². The summed E-state index contributed by atoms with van der Waals surface area (Å²) in [4.78, 5) is 0. The van der Waals surface area contributed by atoms with Crippen molar-refractivity contribution in [1.29, 1.82) is 0 Å². The van der Waals surface area contributed by atoms with Crippen molar-refractivity contribution in [2.45, 2.75) is 6.10 Å². The molecule has 0 aliphatic carbocycles. The van der Waals surface area contributed by atoms with Gasteiger partial charge in [-0.05, 0) is 46.9 Å². The molecule has 5 heteroatoms. The molecule has 17 heavy (non-hydrogen) atoms. The van der Waals surface area contributed by atoms with E-state index in [1.54, 1.807) is 10.9 Å². The van der Waals surface area contributed by atoms with Gasteiger partial charge in [-0.25, -0.2) is 0 Å². The van der Waals surface area contributed by atoms with Crippen molar-refractivity contribution >= 4 is 22.6 Å². The smallest absolute Gasteiger partial charge is 0.139 e. The highest BCUT2D eigenvalue weighted by Gasteiger charge is 2.13. The zero-order chi connectivity index (χ0) is 12.3. The zero-order valence-corrected chi connectivity index (χ0v) is 11.7. The minimum absolute atomic E-state index is 0.149. The standard InChI is InChI=1S/C12H14IN3O/c1-16-8-9(7-15-16)12(6-14)17-11-4-2-10(13)3-5-11/h2-5,7-8,12H,6,14H2,1H3. The van der Waals surface area contributed by atoms with Gasteiger partial charge >= 0.3 is 0 Å². The number of halogens is 1. The van der Waals surface area contributed by atoms with Crippen LogP contribution in [0.1, 0.15) is 11.7 Å². The van der Waals surface area contributed by atoms with Gasteiger partial charge in [-0.1, -0.05) is 0 Å². The fourth-order valence-corrected chi connectivity index (χ4v) is 1.90. The molecule has 0 fully saturated rings. The molecule has 0 aliphatic heterocycles. The van der Waals surface area contributed by atoms with Crippen LogP contribution in [0.4, 0.5) is 0 Å². The molecule has 2 aromatic rings. The number of hydrogen-bond acceptors (Lipinski definition) is 3. The van der Waals surface area contributed by atoms with Gasteiger partial charge in [-0.15, -0.1) is 0 Å². The fraction of sp³-hybridized carbons (Fsp3) is 0.250. The zero-order valence-electron chi connectivity index (χ0n) is 9.51. The molecule has 2 rings (SSSR count). The fourth-order valence-electron chi connectivity index (χ4n) is 1.54. The summed E-state index contributed by atoms with van der Waals surface area (Å²) >= 11 is 2.26. The Kier molecular flexibility index (Phi) is 4.01. The number of aryl methyl sites for hydroxylation is 1. The molecule has 1 heterocycles. The summed E-state index contributed by atoms with van der Waals surface area (Å²) in [6.07, 6.45) is 3.55. The average molecular weight is 343 g/mol. The first kappa shape index (κ1) is 12.4. The molecule has 1 unspecified atom stereocenters. The molecule has 1 atom stereocenters. The van der Waals surface area contributed by atoms with E-state index in [2.05, 4.69) is 27.7 Å². The van der Waals surface area contributed by atoms with Gasteiger partial charge in [0.2, 0.25) is 0 Å². The third-order valence-corrected chi connectivity index (χ3v) is 3.12. The Balaban J connectivity index is 2.12. The van der Waals surface area contributed by atoms with Gasteiger partial charge < -0.3 is 10.5 Å². The number of rotatable bonds is 4. The van der Waals surface area contributed by atoms with E-state index in [-0.39, 0.29) is 6.10 Å². The number of ether oxygens (including phenoxy) is 1. The van der Waals surface area contributed by atoms with E-state index in [1.807, 2.05) is 37.5 Å². The van der Waals surface area contributed by atoms with Gasteiger partial charge in [0.05, 0.1) is 6.20 Å². The maximum atomic E-state index is 5.84. The molecule has 0 saturated heterocycles. The van der Waals surface area contributed by atoms with Crippen LogP contribution >= 0.6 is 22.6 Å². The Morgan fingerprint density at radius 3 is 2.65 bits per heavy atom. The number of hydrogen-bond donors (Lipinski definition) is 1. The topological polar surface area (TPSA) is 53.1 Å². The lowest BCUT2D eigenvalue weighted by atomic mass is 10.2. The van der Waals surface area contributed by atoms with Gasteiger partial charge in [-0.3, -0.25) is 4.68 Å². The van der Waals surface area contributed by atoms with E-state index in [0.717, 1.165) is 11.3 Å². The van der Waals surface area contributed by atoms with E-state index in [0.29, 0.717) is 6.54 Å². The first-order valence-corrected chi connectivity index (χ1v) is 6.38. The summed E-state index contributed by atoms with van der Waals surface area (Å²) in [5.41, 5.74) is 6.72. The predicted molar refractivity (Wildman–Crippen MR) is 74.8 cm³/mol. The van der Waals surface area contributed by atoms with Crippen LogP contribution in [0.5, 0.6) is 5.75 Å². The highest BCUT2D eigenvalue weighted by Crippen LogP contribution is 2.21. The van der Waals surface area contributed by atoms with Gasteiger partial charge in [-0.2, -0.15) is 5.10 Å². The Hall–Kier alpha value is -1.08. The molecular formula is C12H14IN3O. The molecule has 1 aromatic heterocycles. The lowest BCUT2D eigenvalue weighted by Crippen LogP contribution is -2.18. The van der Waals surface area contributed by atoms with E-state index in [1.165, 1.54) is 3.57 Å². The second-order valence-corrected chi connectivity index (χ2v) is 4.99. The van der Waals surface area contributed by atoms with Crippen molar-refractivity contribution in [2.24, 2.45) is 12.8 Å².